The lowest BCUT2D eigenvalue weighted by Crippen LogP contribution is -2.13. The fourth-order valence-electron chi connectivity index (χ4n) is 6.87. The Kier molecular flexibility index (Phi) is 9.67. The normalized spacial score (nSPS) is 12.4. The minimum absolute atomic E-state index is 0.195. The van der Waals surface area contributed by atoms with Crippen LogP contribution in [0, 0.1) is 41.5 Å². The third-order valence-electron chi connectivity index (χ3n) is 9.48. The quantitative estimate of drug-likeness (QED) is 0.167. The van der Waals surface area contributed by atoms with E-state index in [2.05, 4.69) is 168 Å². The van der Waals surface area contributed by atoms with Crippen molar-refractivity contribution in [2.24, 2.45) is 14.1 Å². The summed E-state index contributed by atoms with van der Waals surface area (Å²) in [5.74, 6) is 0. The Morgan fingerprint density at radius 1 is 0.511 bits per heavy atom. The van der Waals surface area contributed by atoms with E-state index in [1.165, 1.54) is 72.0 Å². The van der Waals surface area contributed by atoms with Crippen LogP contribution in [-0.4, -0.2) is 24.0 Å². The predicted molar refractivity (Wildman–Crippen MR) is 203 cm³/mol. The lowest BCUT2D eigenvalue weighted by molar-refractivity contribution is 0.585. The lowest BCUT2D eigenvalue weighted by Gasteiger charge is -2.22. The molecule has 0 aliphatic carbocycles. The zero-order valence-electron chi connectivity index (χ0n) is 32.4. The van der Waals surface area contributed by atoms with Crippen molar-refractivity contribution >= 4 is 27.3 Å². The van der Waals surface area contributed by atoms with Gasteiger partial charge in [0.25, 0.3) is 0 Å². The van der Waals surface area contributed by atoms with E-state index >= 15 is 0 Å². The Morgan fingerprint density at radius 3 is 1.57 bits per heavy atom. The average Bonchev–Trinajstić information content (AvgIpc) is 3.52. The molecule has 0 saturated heterocycles. The molecule has 0 fully saturated rings. The van der Waals surface area contributed by atoms with E-state index in [1.807, 2.05) is 22.4 Å². The zero-order valence-corrected chi connectivity index (χ0v) is 32.4. The molecule has 0 unspecified atom stereocenters. The van der Waals surface area contributed by atoms with Crippen molar-refractivity contribution in [1.29, 1.82) is 0 Å². The number of aryl methyl sites for hydroxylation is 8. The molecule has 6 rings (SSSR count). The Balaban J connectivity index is 0.000000160. The molecule has 5 nitrogen and oxygen atoms in total. The van der Waals surface area contributed by atoms with Gasteiger partial charge in [0.05, 0.1) is 17.2 Å². The van der Waals surface area contributed by atoms with Gasteiger partial charge in [0.2, 0.25) is 0 Å². The number of rotatable bonds is 0. The van der Waals surface area contributed by atoms with Crippen LogP contribution >= 0.6 is 0 Å². The van der Waals surface area contributed by atoms with E-state index in [0.717, 1.165) is 5.52 Å². The van der Waals surface area contributed by atoms with Crippen LogP contribution in [-0.2, 0) is 30.3 Å². The summed E-state index contributed by atoms with van der Waals surface area (Å²) >= 11 is 0. The number of benzene rings is 2. The van der Waals surface area contributed by atoms with Crippen molar-refractivity contribution in [3.63, 3.8) is 0 Å². The summed E-state index contributed by atoms with van der Waals surface area (Å²) in [6.45, 7) is 33.3. The number of hydrogen-bond donors (Lipinski definition) is 0. The molecule has 252 valence electrons. The van der Waals surface area contributed by atoms with Gasteiger partial charge in [-0.25, -0.2) is 4.52 Å². The molecule has 0 aliphatic rings. The first-order chi connectivity index (χ1) is 21.5. The predicted octanol–water partition coefficient (Wildman–Crippen LogP) is 10.8. The van der Waals surface area contributed by atoms with Crippen LogP contribution in [0.2, 0.25) is 0 Å². The first-order valence-corrected chi connectivity index (χ1v) is 17.0. The number of aromatic nitrogens is 5. The van der Waals surface area contributed by atoms with E-state index < -0.39 is 0 Å². The van der Waals surface area contributed by atoms with Gasteiger partial charge in [-0.2, -0.15) is 10.2 Å². The molecule has 5 heteroatoms. The van der Waals surface area contributed by atoms with E-state index in [9.17, 15) is 0 Å². The fourth-order valence-corrected chi connectivity index (χ4v) is 6.87. The third-order valence-corrected chi connectivity index (χ3v) is 9.48. The van der Waals surface area contributed by atoms with Gasteiger partial charge in [0.1, 0.15) is 0 Å². The van der Waals surface area contributed by atoms with E-state index in [4.69, 9.17) is 0 Å². The largest absolute Gasteiger partial charge is 0.350 e. The Morgan fingerprint density at radius 2 is 1.02 bits per heavy atom. The molecule has 2 aromatic carbocycles. The maximum Gasteiger partial charge on any atom is 0.0928 e. The SMILES string of the molecule is Cc1cc2c(cc1C(C)(C)C)c(C)cn2C.Cc1cc2nn(C)c(C)c2cc1C(C)(C)C.Cc1cn2ncc(C)c2cc1C(C)(C)C. The molecular weight excluding hydrogens is 574 g/mol. The summed E-state index contributed by atoms with van der Waals surface area (Å²) in [4.78, 5) is 0. The van der Waals surface area contributed by atoms with Crippen LogP contribution in [0.5, 0.6) is 0 Å². The fraction of sp³-hybridized carbons (Fsp3) is 0.476. The molecule has 47 heavy (non-hydrogen) atoms. The minimum atomic E-state index is 0.195. The van der Waals surface area contributed by atoms with Gasteiger partial charge < -0.3 is 4.57 Å². The maximum atomic E-state index is 4.51. The number of nitrogens with zero attached hydrogens (tertiary/aromatic N) is 5. The summed E-state index contributed by atoms with van der Waals surface area (Å²) in [5, 5.41) is 11.5. The molecule has 0 amide bonds. The number of pyridine rings is 1. The standard InChI is InChI=1S/C15H21N.C14H20N2.C13H18N2/c1-10-7-14-12(11(2)9-16(14)6)8-13(10)15(3,4)5;1-9-7-13-11(10(2)16(6)15-13)8-12(9)14(3,4)5;1-9-7-14-15-8-10(2)11(6-12(9)15)13(3,4)5/h7-9H,1-6H3;7-8H,1-6H3;6-8H,1-5H3. The summed E-state index contributed by atoms with van der Waals surface area (Å²) in [5.41, 5.74) is 16.4. The van der Waals surface area contributed by atoms with Crippen molar-refractivity contribution in [3.05, 3.63) is 99.1 Å². The van der Waals surface area contributed by atoms with Gasteiger partial charge >= 0.3 is 0 Å². The van der Waals surface area contributed by atoms with Crippen LogP contribution < -0.4 is 0 Å². The molecule has 0 atom stereocenters. The molecule has 0 spiro atoms. The van der Waals surface area contributed by atoms with Crippen LogP contribution in [0.25, 0.3) is 27.3 Å². The number of fused-ring (bicyclic) bond motifs is 3. The van der Waals surface area contributed by atoms with Crippen molar-refractivity contribution in [1.82, 2.24) is 24.0 Å². The molecule has 0 aliphatic heterocycles. The van der Waals surface area contributed by atoms with Crippen molar-refractivity contribution in [3.8, 4) is 0 Å². The van der Waals surface area contributed by atoms with E-state index in [-0.39, 0.29) is 16.2 Å². The van der Waals surface area contributed by atoms with Crippen LogP contribution in [0.1, 0.15) is 113 Å². The topological polar surface area (TPSA) is 40.0 Å². The average molecular weight is 634 g/mol. The van der Waals surface area contributed by atoms with Crippen LogP contribution in [0.4, 0.5) is 0 Å². The second kappa shape index (κ2) is 12.6. The van der Waals surface area contributed by atoms with Crippen molar-refractivity contribution in [2.75, 3.05) is 0 Å². The number of hydrogen-bond acceptors (Lipinski definition) is 2. The highest BCUT2D eigenvalue weighted by molar-refractivity contribution is 5.85. The summed E-state index contributed by atoms with van der Waals surface area (Å²) in [6.07, 6.45) is 6.24. The van der Waals surface area contributed by atoms with Gasteiger partial charge in [-0.15, -0.1) is 0 Å². The second-order valence-corrected chi connectivity index (χ2v) is 16.8. The molecular formula is C42H59N5. The van der Waals surface area contributed by atoms with Gasteiger partial charge in [-0.1, -0.05) is 62.3 Å². The van der Waals surface area contributed by atoms with Gasteiger partial charge in [-0.05, 0) is 133 Å². The summed E-state index contributed by atoms with van der Waals surface area (Å²) in [7, 11) is 4.12. The molecule has 0 saturated carbocycles. The van der Waals surface area contributed by atoms with Gasteiger partial charge in [-0.3, -0.25) is 4.68 Å². The minimum Gasteiger partial charge on any atom is -0.350 e. The Bertz CT molecular complexity index is 2040. The first-order valence-electron chi connectivity index (χ1n) is 17.0. The Hall–Kier alpha value is -3.86. The van der Waals surface area contributed by atoms with Crippen molar-refractivity contribution in [2.45, 2.75) is 120 Å². The molecule has 0 radical (unpaired) electrons. The smallest absolute Gasteiger partial charge is 0.0928 e. The first kappa shape index (κ1) is 36.0. The van der Waals surface area contributed by atoms with Crippen LogP contribution in [0.15, 0.2) is 48.9 Å². The van der Waals surface area contributed by atoms with Gasteiger partial charge in [0.15, 0.2) is 0 Å². The zero-order chi connectivity index (χ0) is 35.4. The van der Waals surface area contributed by atoms with Gasteiger partial charge in [0, 0.05) is 48.5 Å². The van der Waals surface area contributed by atoms with Crippen molar-refractivity contribution < 1.29 is 0 Å². The second-order valence-electron chi connectivity index (χ2n) is 16.8. The molecule has 0 N–H and O–H groups in total. The highest BCUT2D eigenvalue weighted by atomic mass is 15.3. The summed E-state index contributed by atoms with van der Waals surface area (Å²) < 4.78 is 6.13. The molecule has 4 heterocycles. The Labute approximate surface area is 284 Å². The maximum absolute atomic E-state index is 4.51. The molecule has 4 aromatic heterocycles. The monoisotopic (exact) mass is 633 g/mol. The van der Waals surface area contributed by atoms with Crippen LogP contribution in [0.3, 0.4) is 0 Å². The highest BCUT2D eigenvalue weighted by Gasteiger charge is 2.20. The molecule has 0 bridgehead atoms. The van der Waals surface area contributed by atoms with E-state index in [0.29, 0.717) is 0 Å². The van der Waals surface area contributed by atoms with E-state index in [1.54, 1.807) is 0 Å². The highest BCUT2D eigenvalue weighted by Crippen LogP contribution is 2.32. The third kappa shape index (κ3) is 7.50. The molecule has 6 aromatic rings. The lowest BCUT2D eigenvalue weighted by atomic mass is 9.83. The summed E-state index contributed by atoms with van der Waals surface area (Å²) in [6, 6.07) is 11.4.